The summed E-state index contributed by atoms with van der Waals surface area (Å²) in [7, 11) is -3.86. The zero-order valence-electron chi connectivity index (χ0n) is 16.2. The topological polar surface area (TPSA) is 92.8 Å². The first-order valence-corrected chi connectivity index (χ1v) is 11.6. The molecule has 0 spiro atoms. The van der Waals surface area contributed by atoms with Gasteiger partial charge in [-0.3, -0.25) is 4.79 Å². The van der Waals surface area contributed by atoms with Gasteiger partial charge in [0.05, 0.1) is 15.6 Å². The molecule has 1 fully saturated rings. The van der Waals surface area contributed by atoms with Crippen molar-refractivity contribution < 1.29 is 27.1 Å². The number of benzene rings is 2. The van der Waals surface area contributed by atoms with Crippen LogP contribution < -0.4 is 5.32 Å². The highest BCUT2D eigenvalue weighted by atomic mass is 35.5. The normalized spacial score (nSPS) is 14.8. The largest absolute Gasteiger partial charge is 0.452 e. The van der Waals surface area contributed by atoms with Crippen LogP contribution in [0.25, 0.3) is 0 Å². The number of esters is 1. The number of hydrogen-bond donors (Lipinski definition) is 1. The van der Waals surface area contributed by atoms with Gasteiger partial charge in [-0.25, -0.2) is 17.6 Å². The summed E-state index contributed by atoms with van der Waals surface area (Å²) >= 11 is 11.7. The van der Waals surface area contributed by atoms with Gasteiger partial charge in [0.15, 0.2) is 6.61 Å². The summed E-state index contributed by atoms with van der Waals surface area (Å²) in [5.41, 5.74) is 0.173. The molecule has 166 valence electrons. The number of sulfonamides is 1. The van der Waals surface area contributed by atoms with Gasteiger partial charge in [-0.05, 0) is 49.2 Å². The number of ether oxygens (including phenoxy) is 1. The average molecular weight is 489 g/mol. The Morgan fingerprint density at radius 2 is 1.74 bits per heavy atom. The summed E-state index contributed by atoms with van der Waals surface area (Å²) in [6.45, 7) is 0.145. The zero-order valence-corrected chi connectivity index (χ0v) is 18.6. The number of amides is 1. The van der Waals surface area contributed by atoms with Gasteiger partial charge in [0.1, 0.15) is 10.7 Å². The quantitative estimate of drug-likeness (QED) is 0.617. The smallest absolute Gasteiger partial charge is 0.338 e. The molecule has 1 N–H and O–H groups in total. The van der Waals surface area contributed by atoms with Crippen molar-refractivity contribution in [2.75, 3.05) is 25.0 Å². The standard InChI is InChI=1S/C20H19Cl2FN2O5S/c21-15-6-4-13(10-18(15)31(28,29)25-8-2-1-3-9-25)20(27)30-12-19(26)24-14-5-7-17(23)16(22)11-14/h4-7,10-11H,1-3,8-9,12H2,(H,24,26). The van der Waals surface area contributed by atoms with Crippen molar-refractivity contribution in [1.29, 1.82) is 0 Å². The van der Waals surface area contributed by atoms with Crippen molar-refractivity contribution in [2.24, 2.45) is 0 Å². The highest BCUT2D eigenvalue weighted by molar-refractivity contribution is 7.89. The lowest BCUT2D eigenvalue weighted by Crippen LogP contribution is -2.35. The summed E-state index contributed by atoms with van der Waals surface area (Å²) < 4.78 is 45.3. The van der Waals surface area contributed by atoms with Gasteiger partial charge < -0.3 is 10.1 Å². The van der Waals surface area contributed by atoms with Gasteiger partial charge in [0.25, 0.3) is 5.91 Å². The van der Waals surface area contributed by atoms with E-state index in [4.69, 9.17) is 27.9 Å². The van der Waals surface area contributed by atoms with E-state index in [0.29, 0.717) is 13.1 Å². The SMILES string of the molecule is O=C(COC(=O)c1ccc(Cl)c(S(=O)(=O)N2CCCCC2)c1)Nc1ccc(F)c(Cl)c1. The van der Waals surface area contributed by atoms with Gasteiger partial charge >= 0.3 is 5.97 Å². The van der Waals surface area contributed by atoms with E-state index in [9.17, 15) is 22.4 Å². The van der Waals surface area contributed by atoms with Gasteiger partial charge in [-0.2, -0.15) is 4.31 Å². The average Bonchev–Trinajstić information content (AvgIpc) is 2.75. The number of piperidine rings is 1. The molecule has 0 atom stereocenters. The molecule has 2 aromatic carbocycles. The molecule has 0 bridgehead atoms. The second-order valence-corrected chi connectivity index (χ2v) is 9.58. The molecule has 0 aliphatic carbocycles. The van der Waals surface area contributed by atoms with E-state index in [2.05, 4.69) is 5.32 Å². The van der Waals surface area contributed by atoms with Crippen LogP contribution in [0.2, 0.25) is 10.0 Å². The molecule has 1 amide bonds. The maximum absolute atomic E-state index is 13.2. The second kappa shape index (κ2) is 9.95. The monoisotopic (exact) mass is 488 g/mol. The summed E-state index contributed by atoms with van der Waals surface area (Å²) in [6.07, 6.45) is 2.47. The molecule has 1 heterocycles. The molecule has 7 nitrogen and oxygen atoms in total. The first-order chi connectivity index (χ1) is 14.7. The van der Waals surface area contributed by atoms with Crippen molar-refractivity contribution in [3.8, 4) is 0 Å². The summed E-state index contributed by atoms with van der Waals surface area (Å²) in [4.78, 5) is 24.1. The Hall–Kier alpha value is -2.20. The van der Waals surface area contributed by atoms with E-state index in [-0.39, 0.29) is 26.2 Å². The van der Waals surface area contributed by atoms with E-state index >= 15 is 0 Å². The summed E-state index contributed by atoms with van der Waals surface area (Å²) in [5.74, 6) is -2.20. The predicted molar refractivity (Wildman–Crippen MR) is 114 cm³/mol. The fourth-order valence-electron chi connectivity index (χ4n) is 3.06. The highest BCUT2D eigenvalue weighted by Gasteiger charge is 2.29. The molecule has 2 aromatic rings. The Morgan fingerprint density at radius 3 is 2.42 bits per heavy atom. The number of nitrogens with zero attached hydrogens (tertiary/aromatic N) is 1. The number of halogens is 3. The van der Waals surface area contributed by atoms with Crippen molar-refractivity contribution in [3.63, 3.8) is 0 Å². The van der Waals surface area contributed by atoms with Gasteiger partial charge in [-0.15, -0.1) is 0 Å². The zero-order chi connectivity index (χ0) is 22.6. The molecule has 31 heavy (non-hydrogen) atoms. The number of carbonyl (C=O) groups is 2. The van der Waals surface area contributed by atoms with E-state index in [0.717, 1.165) is 31.4 Å². The maximum atomic E-state index is 13.2. The lowest BCUT2D eigenvalue weighted by atomic mass is 10.2. The Morgan fingerprint density at radius 1 is 1.03 bits per heavy atom. The molecule has 1 saturated heterocycles. The first kappa shape index (κ1) is 23.5. The fourth-order valence-corrected chi connectivity index (χ4v) is 5.26. The van der Waals surface area contributed by atoms with E-state index in [1.165, 1.54) is 28.6 Å². The Balaban J connectivity index is 1.67. The number of nitrogens with one attached hydrogen (secondary N) is 1. The molecule has 3 rings (SSSR count). The highest BCUT2D eigenvalue weighted by Crippen LogP contribution is 2.28. The third-order valence-corrected chi connectivity index (χ3v) is 7.31. The minimum Gasteiger partial charge on any atom is -0.452 e. The Bertz CT molecular complexity index is 1100. The van der Waals surface area contributed by atoms with Crippen LogP contribution >= 0.6 is 23.2 Å². The minimum atomic E-state index is -3.86. The first-order valence-electron chi connectivity index (χ1n) is 9.40. The second-order valence-electron chi connectivity index (χ2n) is 6.86. The molecule has 0 saturated carbocycles. The fraction of sp³-hybridized carbons (Fsp3) is 0.300. The van der Waals surface area contributed by atoms with Crippen LogP contribution in [0.4, 0.5) is 10.1 Å². The molecule has 0 radical (unpaired) electrons. The van der Waals surface area contributed by atoms with E-state index in [1.807, 2.05) is 0 Å². The van der Waals surface area contributed by atoms with E-state index in [1.54, 1.807) is 0 Å². The van der Waals surface area contributed by atoms with E-state index < -0.39 is 34.3 Å². The number of carbonyl (C=O) groups excluding carboxylic acids is 2. The molecule has 11 heteroatoms. The van der Waals surface area contributed by atoms with Crippen molar-refractivity contribution in [1.82, 2.24) is 4.31 Å². The molecule has 0 unspecified atom stereocenters. The Kier molecular flexibility index (Phi) is 7.53. The van der Waals surface area contributed by atoms with Crippen LogP contribution in [0.15, 0.2) is 41.3 Å². The molecular formula is C20H19Cl2FN2O5S. The lowest BCUT2D eigenvalue weighted by Gasteiger charge is -2.26. The van der Waals surface area contributed by atoms with Crippen LogP contribution in [0.3, 0.4) is 0 Å². The lowest BCUT2D eigenvalue weighted by molar-refractivity contribution is -0.119. The summed E-state index contributed by atoms with van der Waals surface area (Å²) in [6, 6.07) is 7.37. The minimum absolute atomic E-state index is 0.00643. The molecule has 1 aliphatic rings. The maximum Gasteiger partial charge on any atom is 0.338 e. The molecule has 1 aliphatic heterocycles. The molecular weight excluding hydrogens is 470 g/mol. The molecule has 0 aromatic heterocycles. The van der Waals surface area contributed by atoms with Gasteiger partial charge in [0, 0.05) is 18.8 Å². The van der Waals surface area contributed by atoms with Crippen molar-refractivity contribution in [3.05, 3.63) is 57.8 Å². The van der Waals surface area contributed by atoms with Gasteiger partial charge in [0.2, 0.25) is 10.0 Å². The third-order valence-electron chi connectivity index (χ3n) is 4.64. The van der Waals surface area contributed by atoms with Crippen LogP contribution in [0, 0.1) is 5.82 Å². The van der Waals surface area contributed by atoms with Crippen LogP contribution in [0.5, 0.6) is 0 Å². The van der Waals surface area contributed by atoms with Crippen LogP contribution in [0.1, 0.15) is 29.6 Å². The van der Waals surface area contributed by atoms with Crippen LogP contribution in [-0.2, 0) is 19.6 Å². The van der Waals surface area contributed by atoms with Crippen LogP contribution in [-0.4, -0.2) is 44.3 Å². The third kappa shape index (κ3) is 5.74. The number of anilines is 1. The number of rotatable bonds is 6. The Labute approximate surface area is 189 Å². The van der Waals surface area contributed by atoms with Crippen molar-refractivity contribution >= 4 is 50.8 Å². The number of hydrogen-bond acceptors (Lipinski definition) is 5. The predicted octanol–water partition coefficient (Wildman–Crippen LogP) is 4.10. The van der Waals surface area contributed by atoms with Gasteiger partial charge in [-0.1, -0.05) is 29.6 Å². The summed E-state index contributed by atoms with van der Waals surface area (Å²) in [5, 5.41) is 2.24. The van der Waals surface area contributed by atoms with Crippen molar-refractivity contribution in [2.45, 2.75) is 24.2 Å².